The third-order valence-corrected chi connectivity index (χ3v) is 7.03. The number of aryl methyl sites for hydroxylation is 2. The molecule has 1 aromatic heterocycles. The fourth-order valence-electron chi connectivity index (χ4n) is 3.48. The first-order chi connectivity index (χ1) is 15.8. The number of hydrogen-bond acceptors (Lipinski definition) is 6. The molecule has 0 saturated heterocycles. The zero-order valence-corrected chi connectivity index (χ0v) is 20.2. The Labute approximate surface area is 194 Å². The van der Waals surface area contributed by atoms with Crippen LogP contribution in [0.2, 0.25) is 0 Å². The van der Waals surface area contributed by atoms with E-state index in [0.717, 1.165) is 11.3 Å². The van der Waals surface area contributed by atoms with Gasteiger partial charge in [0.15, 0.2) is 11.5 Å². The zero-order valence-electron chi connectivity index (χ0n) is 19.4. The minimum Gasteiger partial charge on any atom is -0.493 e. The van der Waals surface area contributed by atoms with Crippen LogP contribution < -0.4 is 14.8 Å². The molecule has 0 radical (unpaired) electrons. The summed E-state index contributed by atoms with van der Waals surface area (Å²) in [6.07, 6.45) is 0.707. The average molecular weight is 475 g/mol. The van der Waals surface area contributed by atoms with Crippen LogP contribution in [0.1, 0.15) is 19.2 Å². The lowest BCUT2D eigenvalue weighted by Crippen LogP contribution is -2.28. The predicted octanol–water partition coefficient (Wildman–Crippen LogP) is 2.44. The van der Waals surface area contributed by atoms with E-state index in [1.807, 2.05) is 35.8 Å². The number of para-hydroxylation sites is 2. The van der Waals surface area contributed by atoms with E-state index in [-0.39, 0.29) is 17.2 Å². The quantitative estimate of drug-likeness (QED) is 0.428. The molecule has 178 valence electrons. The molecule has 0 aliphatic carbocycles. The summed E-state index contributed by atoms with van der Waals surface area (Å²) in [5.41, 5.74) is 1.44. The second-order valence-electron chi connectivity index (χ2n) is 7.56. The smallest absolute Gasteiger partial charge is 0.242 e. The number of imidazole rings is 1. The van der Waals surface area contributed by atoms with Gasteiger partial charge in [0.05, 0.1) is 29.6 Å². The largest absolute Gasteiger partial charge is 0.493 e. The van der Waals surface area contributed by atoms with Gasteiger partial charge in [-0.1, -0.05) is 12.1 Å². The first kappa shape index (κ1) is 24.5. The van der Waals surface area contributed by atoms with Crippen molar-refractivity contribution in [1.82, 2.24) is 19.2 Å². The maximum atomic E-state index is 12.4. The van der Waals surface area contributed by atoms with Crippen molar-refractivity contribution in [2.24, 2.45) is 0 Å². The van der Waals surface area contributed by atoms with Gasteiger partial charge in [-0.05, 0) is 37.3 Å². The molecule has 0 bridgehead atoms. The highest BCUT2D eigenvalue weighted by molar-refractivity contribution is 7.89. The van der Waals surface area contributed by atoms with Crippen LogP contribution >= 0.6 is 0 Å². The van der Waals surface area contributed by atoms with Gasteiger partial charge in [-0.2, -0.15) is 0 Å². The number of carbonyl (C=O) groups excluding carboxylic acids is 1. The third-order valence-electron chi connectivity index (χ3n) is 5.22. The van der Waals surface area contributed by atoms with Crippen molar-refractivity contribution < 1.29 is 22.7 Å². The van der Waals surface area contributed by atoms with E-state index in [9.17, 15) is 13.2 Å². The van der Waals surface area contributed by atoms with Crippen molar-refractivity contribution in [2.75, 3.05) is 34.4 Å². The second-order valence-corrected chi connectivity index (χ2v) is 9.71. The van der Waals surface area contributed by atoms with E-state index in [2.05, 4.69) is 10.3 Å². The Bertz CT molecular complexity index is 1220. The van der Waals surface area contributed by atoms with E-state index < -0.39 is 10.0 Å². The second kappa shape index (κ2) is 10.7. The maximum Gasteiger partial charge on any atom is 0.242 e. The first-order valence-electron chi connectivity index (χ1n) is 10.7. The number of aromatic nitrogens is 2. The number of nitrogens with zero attached hydrogens (tertiary/aromatic N) is 3. The molecule has 1 heterocycles. The topological polar surface area (TPSA) is 103 Å². The number of amides is 1. The number of nitrogens with one attached hydrogen (secondary N) is 1. The van der Waals surface area contributed by atoms with Crippen LogP contribution in [0, 0.1) is 0 Å². The van der Waals surface area contributed by atoms with E-state index in [0.29, 0.717) is 43.1 Å². The highest BCUT2D eigenvalue weighted by atomic mass is 32.2. The Morgan fingerprint density at radius 1 is 1.15 bits per heavy atom. The first-order valence-corrected chi connectivity index (χ1v) is 12.2. The van der Waals surface area contributed by atoms with Gasteiger partial charge in [-0.15, -0.1) is 0 Å². The van der Waals surface area contributed by atoms with Crippen molar-refractivity contribution >= 4 is 27.0 Å². The number of benzene rings is 2. The summed E-state index contributed by atoms with van der Waals surface area (Å²) in [7, 11) is 1.03. The molecule has 0 fully saturated rings. The molecule has 0 atom stereocenters. The van der Waals surface area contributed by atoms with Crippen LogP contribution in [0.4, 0.5) is 0 Å². The van der Waals surface area contributed by atoms with Gasteiger partial charge in [0, 0.05) is 33.5 Å². The summed E-state index contributed by atoms with van der Waals surface area (Å²) in [5, 5.41) is 2.85. The van der Waals surface area contributed by atoms with Crippen LogP contribution in [0.5, 0.6) is 11.5 Å². The van der Waals surface area contributed by atoms with Gasteiger partial charge < -0.3 is 19.4 Å². The summed E-state index contributed by atoms with van der Waals surface area (Å²) < 4.78 is 38.9. The van der Waals surface area contributed by atoms with Crippen LogP contribution in [-0.4, -0.2) is 62.5 Å². The van der Waals surface area contributed by atoms with E-state index in [1.165, 1.54) is 18.4 Å². The summed E-state index contributed by atoms with van der Waals surface area (Å²) in [4.78, 5) is 17.1. The van der Waals surface area contributed by atoms with Gasteiger partial charge in [-0.25, -0.2) is 17.7 Å². The summed E-state index contributed by atoms with van der Waals surface area (Å²) in [6.45, 7) is 3.35. The lowest BCUT2D eigenvalue weighted by atomic mass is 10.2. The summed E-state index contributed by atoms with van der Waals surface area (Å²) in [5.74, 6) is 1.90. The molecule has 10 heteroatoms. The molecule has 2 aromatic carbocycles. The fraction of sp³-hybridized carbons (Fsp3) is 0.391. The number of sulfonamides is 1. The Balaban J connectivity index is 1.59. The lowest BCUT2D eigenvalue weighted by molar-refractivity contribution is -0.121. The van der Waals surface area contributed by atoms with Gasteiger partial charge in [0.2, 0.25) is 15.9 Å². The third kappa shape index (κ3) is 5.63. The molecule has 9 nitrogen and oxygen atoms in total. The highest BCUT2D eigenvalue weighted by Gasteiger charge is 2.19. The SMILES string of the molecule is CCn1c(CCC(=O)NCCOc2ccccc2OC)nc2cc(S(=O)(=O)N(C)C)ccc21. The van der Waals surface area contributed by atoms with Crippen molar-refractivity contribution in [3.05, 3.63) is 48.3 Å². The van der Waals surface area contributed by atoms with Crippen LogP contribution in [0.15, 0.2) is 47.4 Å². The normalized spacial score (nSPS) is 11.7. The lowest BCUT2D eigenvalue weighted by Gasteiger charge is -2.11. The van der Waals surface area contributed by atoms with Crippen LogP contribution in [0.3, 0.4) is 0 Å². The Hall–Kier alpha value is -3.11. The summed E-state index contributed by atoms with van der Waals surface area (Å²) in [6, 6.07) is 12.3. The number of hydrogen-bond donors (Lipinski definition) is 1. The standard InChI is InChI=1S/C23H30N4O5S/c1-5-27-19-11-10-17(33(29,30)26(2)3)16-18(19)25-22(27)12-13-23(28)24-14-15-32-21-9-7-6-8-20(21)31-4/h6-11,16H,5,12-15H2,1-4H3,(H,24,28). The van der Waals surface area contributed by atoms with Gasteiger partial charge in [-0.3, -0.25) is 4.79 Å². The molecule has 3 aromatic rings. The van der Waals surface area contributed by atoms with E-state index in [1.54, 1.807) is 25.3 Å². The monoisotopic (exact) mass is 474 g/mol. The predicted molar refractivity (Wildman–Crippen MR) is 126 cm³/mol. The van der Waals surface area contributed by atoms with E-state index in [4.69, 9.17) is 9.47 Å². The number of rotatable bonds is 11. The van der Waals surface area contributed by atoms with Crippen LogP contribution in [0.25, 0.3) is 11.0 Å². The molecule has 1 N–H and O–H groups in total. The molecular formula is C23H30N4O5S. The number of carbonyl (C=O) groups is 1. The highest BCUT2D eigenvalue weighted by Crippen LogP contribution is 2.25. The Morgan fingerprint density at radius 2 is 1.88 bits per heavy atom. The van der Waals surface area contributed by atoms with Gasteiger partial charge in [0.25, 0.3) is 0 Å². The van der Waals surface area contributed by atoms with Crippen LogP contribution in [-0.2, 0) is 27.8 Å². The fourth-order valence-corrected chi connectivity index (χ4v) is 4.40. The maximum absolute atomic E-state index is 12.4. The molecule has 0 aliphatic heterocycles. The Morgan fingerprint density at radius 3 is 2.55 bits per heavy atom. The molecule has 3 rings (SSSR count). The number of ether oxygens (including phenoxy) is 2. The van der Waals surface area contributed by atoms with Crippen molar-refractivity contribution in [3.63, 3.8) is 0 Å². The van der Waals surface area contributed by atoms with Crippen molar-refractivity contribution in [2.45, 2.75) is 31.2 Å². The summed E-state index contributed by atoms with van der Waals surface area (Å²) >= 11 is 0. The van der Waals surface area contributed by atoms with Gasteiger partial charge in [0.1, 0.15) is 12.4 Å². The van der Waals surface area contributed by atoms with Crippen molar-refractivity contribution in [3.8, 4) is 11.5 Å². The molecule has 33 heavy (non-hydrogen) atoms. The molecular weight excluding hydrogens is 444 g/mol. The average Bonchev–Trinajstić information content (AvgIpc) is 3.17. The molecule has 0 spiro atoms. The van der Waals surface area contributed by atoms with E-state index >= 15 is 0 Å². The minimum absolute atomic E-state index is 0.107. The number of methoxy groups -OCH3 is 1. The van der Waals surface area contributed by atoms with Crippen molar-refractivity contribution in [1.29, 1.82) is 0 Å². The molecule has 0 aliphatic rings. The zero-order chi connectivity index (χ0) is 24.0. The molecule has 0 unspecified atom stereocenters. The van der Waals surface area contributed by atoms with Gasteiger partial charge >= 0.3 is 0 Å². The Kier molecular flexibility index (Phi) is 7.93. The molecule has 0 saturated carbocycles. The minimum atomic E-state index is -3.54. The molecule has 1 amide bonds. The number of fused-ring (bicyclic) bond motifs is 1.